The zero-order valence-corrected chi connectivity index (χ0v) is 17.7. The lowest BCUT2D eigenvalue weighted by atomic mass is 10.00. The summed E-state index contributed by atoms with van der Waals surface area (Å²) in [5, 5.41) is 6.99. The second-order valence-electron chi connectivity index (χ2n) is 8.32. The number of guanidine groups is 1. The molecule has 6 heteroatoms. The highest BCUT2D eigenvalue weighted by Gasteiger charge is 2.28. The van der Waals surface area contributed by atoms with Gasteiger partial charge in [-0.1, -0.05) is 30.5 Å². The lowest BCUT2D eigenvalue weighted by Crippen LogP contribution is -2.44. The fraction of sp³-hybridized carbons (Fsp3) is 0.667. The van der Waals surface area contributed by atoms with Gasteiger partial charge < -0.3 is 10.6 Å². The zero-order chi connectivity index (χ0) is 19.4. The van der Waals surface area contributed by atoms with Crippen LogP contribution in [0.4, 0.5) is 0 Å². The molecule has 1 aromatic carbocycles. The van der Waals surface area contributed by atoms with E-state index in [2.05, 4.69) is 43.5 Å². The van der Waals surface area contributed by atoms with Gasteiger partial charge in [0, 0.05) is 12.6 Å². The molecule has 1 aliphatic heterocycles. The Labute approximate surface area is 164 Å². The molecule has 150 valence electrons. The molecule has 0 amide bonds. The molecule has 1 saturated heterocycles. The Kier molecular flexibility index (Phi) is 6.45. The highest BCUT2D eigenvalue weighted by molar-refractivity contribution is 7.91. The van der Waals surface area contributed by atoms with Crippen molar-refractivity contribution in [3.05, 3.63) is 34.4 Å². The van der Waals surface area contributed by atoms with Crippen LogP contribution >= 0.6 is 0 Å². The Morgan fingerprint density at radius 2 is 1.78 bits per heavy atom. The molecule has 1 unspecified atom stereocenters. The SMILES string of the molecule is Cc1cc(C)c(CN=C(NCC2CCS(=O)(=O)C2)NC2CCCC2)c(C)c1. The van der Waals surface area contributed by atoms with Gasteiger partial charge in [-0.3, -0.25) is 0 Å². The van der Waals surface area contributed by atoms with Crippen LogP contribution in [0, 0.1) is 26.7 Å². The molecule has 27 heavy (non-hydrogen) atoms. The van der Waals surface area contributed by atoms with Gasteiger partial charge in [0.2, 0.25) is 0 Å². The fourth-order valence-electron chi connectivity index (χ4n) is 4.31. The predicted octanol–water partition coefficient (Wildman–Crippen LogP) is 3.02. The molecule has 1 atom stereocenters. The van der Waals surface area contributed by atoms with Crippen molar-refractivity contribution >= 4 is 15.8 Å². The normalized spacial score (nSPS) is 22.9. The average molecular weight is 392 g/mol. The van der Waals surface area contributed by atoms with Crippen molar-refractivity contribution in [1.82, 2.24) is 10.6 Å². The van der Waals surface area contributed by atoms with Gasteiger partial charge in [-0.05, 0) is 62.6 Å². The van der Waals surface area contributed by atoms with Crippen LogP contribution in [0.2, 0.25) is 0 Å². The fourth-order valence-corrected chi connectivity index (χ4v) is 6.17. The van der Waals surface area contributed by atoms with E-state index in [1.165, 1.54) is 47.9 Å². The molecule has 0 radical (unpaired) electrons. The minimum atomic E-state index is -2.84. The van der Waals surface area contributed by atoms with E-state index in [9.17, 15) is 8.42 Å². The summed E-state index contributed by atoms with van der Waals surface area (Å²) in [6.07, 6.45) is 5.65. The standard InChI is InChI=1S/C21H33N3O2S/c1-15-10-16(2)20(17(3)11-15)13-23-21(24-19-6-4-5-7-19)22-12-18-8-9-27(25,26)14-18/h10-11,18-19H,4-9,12-14H2,1-3H3,(H2,22,23,24). The van der Waals surface area contributed by atoms with E-state index in [0.717, 1.165) is 12.4 Å². The summed E-state index contributed by atoms with van der Waals surface area (Å²) >= 11 is 0. The number of hydrogen-bond donors (Lipinski definition) is 2. The maximum atomic E-state index is 11.7. The minimum absolute atomic E-state index is 0.188. The van der Waals surface area contributed by atoms with E-state index >= 15 is 0 Å². The number of hydrogen-bond acceptors (Lipinski definition) is 3. The first-order valence-corrected chi connectivity index (χ1v) is 12.0. The molecule has 1 saturated carbocycles. The number of benzene rings is 1. The third-order valence-electron chi connectivity index (χ3n) is 5.82. The first kappa shape index (κ1) is 20.2. The van der Waals surface area contributed by atoms with E-state index in [1.54, 1.807) is 0 Å². The highest BCUT2D eigenvalue weighted by atomic mass is 32.2. The Morgan fingerprint density at radius 1 is 1.11 bits per heavy atom. The summed E-state index contributed by atoms with van der Waals surface area (Å²) < 4.78 is 23.4. The van der Waals surface area contributed by atoms with Crippen LogP contribution in [-0.4, -0.2) is 38.5 Å². The van der Waals surface area contributed by atoms with Gasteiger partial charge in [0.25, 0.3) is 0 Å². The molecule has 0 aromatic heterocycles. The number of nitrogens with zero attached hydrogens (tertiary/aromatic N) is 1. The molecule has 3 rings (SSSR count). The molecule has 1 heterocycles. The molecular weight excluding hydrogens is 358 g/mol. The average Bonchev–Trinajstić information content (AvgIpc) is 3.20. The lowest BCUT2D eigenvalue weighted by molar-refractivity contribution is 0.553. The molecule has 2 N–H and O–H groups in total. The number of nitrogens with one attached hydrogen (secondary N) is 2. The predicted molar refractivity (Wildman–Crippen MR) is 112 cm³/mol. The molecule has 0 bridgehead atoms. The van der Waals surface area contributed by atoms with Crippen LogP contribution in [0.5, 0.6) is 0 Å². The van der Waals surface area contributed by atoms with Gasteiger partial charge in [-0.15, -0.1) is 0 Å². The highest BCUT2D eigenvalue weighted by Crippen LogP contribution is 2.20. The van der Waals surface area contributed by atoms with E-state index in [0.29, 0.717) is 30.6 Å². The third kappa shape index (κ3) is 5.71. The van der Waals surface area contributed by atoms with E-state index in [-0.39, 0.29) is 5.92 Å². The van der Waals surface area contributed by atoms with E-state index in [4.69, 9.17) is 4.99 Å². The Hall–Kier alpha value is -1.56. The van der Waals surface area contributed by atoms with Crippen molar-refractivity contribution < 1.29 is 8.42 Å². The maximum absolute atomic E-state index is 11.7. The summed E-state index contributed by atoms with van der Waals surface area (Å²) in [4.78, 5) is 4.85. The summed E-state index contributed by atoms with van der Waals surface area (Å²) in [7, 11) is -2.84. The van der Waals surface area contributed by atoms with Crippen LogP contribution < -0.4 is 10.6 Å². The van der Waals surface area contributed by atoms with Crippen LogP contribution in [0.3, 0.4) is 0 Å². The Morgan fingerprint density at radius 3 is 2.37 bits per heavy atom. The largest absolute Gasteiger partial charge is 0.356 e. The summed E-state index contributed by atoms with van der Waals surface area (Å²) in [5.41, 5.74) is 5.11. The van der Waals surface area contributed by atoms with Crippen molar-refractivity contribution in [2.24, 2.45) is 10.9 Å². The molecule has 5 nitrogen and oxygen atoms in total. The topological polar surface area (TPSA) is 70.6 Å². The lowest BCUT2D eigenvalue weighted by Gasteiger charge is -2.19. The van der Waals surface area contributed by atoms with E-state index < -0.39 is 9.84 Å². The van der Waals surface area contributed by atoms with Crippen molar-refractivity contribution in [2.75, 3.05) is 18.1 Å². The Balaban J connectivity index is 1.68. The first-order chi connectivity index (χ1) is 12.8. The molecule has 1 aromatic rings. The number of rotatable bonds is 5. The summed E-state index contributed by atoms with van der Waals surface area (Å²) in [5.74, 6) is 1.63. The van der Waals surface area contributed by atoms with Crippen LogP contribution in [0.1, 0.15) is 54.4 Å². The van der Waals surface area contributed by atoms with Gasteiger partial charge in [0.1, 0.15) is 0 Å². The minimum Gasteiger partial charge on any atom is -0.356 e. The molecular formula is C21H33N3O2S. The second kappa shape index (κ2) is 8.63. The van der Waals surface area contributed by atoms with Crippen molar-refractivity contribution in [3.8, 4) is 0 Å². The third-order valence-corrected chi connectivity index (χ3v) is 7.65. The van der Waals surface area contributed by atoms with Gasteiger partial charge in [-0.25, -0.2) is 13.4 Å². The molecule has 0 spiro atoms. The quantitative estimate of drug-likeness (QED) is 0.598. The number of sulfone groups is 1. The molecule has 1 aliphatic carbocycles. The Bertz CT molecular complexity index is 773. The maximum Gasteiger partial charge on any atom is 0.191 e. The second-order valence-corrected chi connectivity index (χ2v) is 10.5. The molecule has 2 fully saturated rings. The first-order valence-electron chi connectivity index (χ1n) is 10.1. The van der Waals surface area contributed by atoms with E-state index in [1.807, 2.05) is 0 Å². The monoisotopic (exact) mass is 391 g/mol. The zero-order valence-electron chi connectivity index (χ0n) is 16.8. The van der Waals surface area contributed by atoms with Crippen molar-refractivity contribution in [1.29, 1.82) is 0 Å². The summed E-state index contributed by atoms with van der Waals surface area (Å²) in [6.45, 7) is 7.72. The van der Waals surface area contributed by atoms with Crippen molar-refractivity contribution in [3.63, 3.8) is 0 Å². The van der Waals surface area contributed by atoms with Crippen molar-refractivity contribution in [2.45, 2.75) is 65.5 Å². The number of aryl methyl sites for hydroxylation is 3. The molecule has 2 aliphatic rings. The van der Waals surface area contributed by atoms with Crippen LogP contribution in [0.25, 0.3) is 0 Å². The summed E-state index contributed by atoms with van der Waals surface area (Å²) in [6, 6.07) is 4.89. The number of aliphatic imine (C=N–C) groups is 1. The van der Waals surface area contributed by atoms with Gasteiger partial charge in [0.05, 0.1) is 18.1 Å². The van der Waals surface area contributed by atoms with Gasteiger partial charge in [0.15, 0.2) is 15.8 Å². The van der Waals surface area contributed by atoms with Gasteiger partial charge in [-0.2, -0.15) is 0 Å². The van der Waals surface area contributed by atoms with Crippen LogP contribution in [-0.2, 0) is 16.4 Å². The van der Waals surface area contributed by atoms with Gasteiger partial charge >= 0.3 is 0 Å². The van der Waals surface area contributed by atoms with Crippen LogP contribution in [0.15, 0.2) is 17.1 Å². The smallest absolute Gasteiger partial charge is 0.191 e.